The zero-order chi connectivity index (χ0) is 15.3. The van der Waals surface area contributed by atoms with Crippen LogP contribution in [-0.4, -0.2) is 30.1 Å². The molecule has 0 unspecified atom stereocenters. The molecule has 0 fully saturated rings. The van der Waals surface area contributed by atoms with Gasteiger partial charge in [-0.25, -0.2) is 18.1 Å². The predicted octanol–water partition coefficient (Wildman–Crippen LogP) is 0.291. The van der Waals surface area contributed by atoms with E-state index in [2.05, 4.69) is 31.7 Å². The smallest absolute Gasteiger partial charge is 0.264 e. The second-order valence-electron chi connectivity index (χ2n) is 4.05. The van der Waals surface area contributed by atoms with E-state index >= 15 is 0 Å². The molecule has 2 aromatic rings. The molecule has 0 radical (unpaired) electrons. The molecule has 0 saturated carbocycles. The van der Waals surface area contributed by atoms with E-state index in [0.717, 1.165) is 11.1 Å². The highest BCUT2D eigenvalue weighted by atomic mass is 32.2. The summed E-state index contributed by atoms with van der Waals surface area (Å²) in [7, 11) is -3.76. The average molecular weight is 303 g/mol. The Kier molecular flexibility index (Phi) is 4.47. The molecule has 2 rings (SSSR count). The van der Waals surface area contributed by atoms with E-state index in [4.69, 9.17) is 5.73 Å². The molecule has 8 heteroatoms. The maximum Gasteiger partial charge on any atom is 0.264 e. The van der Waals surface area contributed by atoms with Gasteiger partial charge in [0.2, 0.25) is 0 Å². The van der Waals surface area contributed by atoms with Gasteiger partial charge in [0.1, 0.15) is 0 Å². The van der Waals surface area contributed by atoms with E-state index < -0.39 is 10.0 Å². The van der Waals surface area contributed by atoms with Crippen molar-refractivity contribution in [2.45, 2.75) is 11.8 Å². The number of aryl methyl sites for hydroxylation is 1. The van der Waals surface area contributed by atoms with Crippen molar-refractivity contribution in [3.63, 3.8) is 0 Å². The Morgan fingerprint density at radius 2 is 2.14 bits per heavy atom. The first-order chi connectivity index (χ1) is 10.0. The molecule has 0 saturated heterocycles. The van der Waals surface area contributed by atoms with E-state index in [9.17, 15) is 8.42 Å². The van der Waals surface area contributed by atoms with Gasteiger partial charge in [0.25, 0.3) is 16.0 Å². The normalized spacial score (nSPS) is 10.6. The van der Waals surface area contributed by atoms with E-state index in [1.165, 1.54) is 24.5 Å². The Balaban J connectivity index is 2.31. The number of benzene rings is 1. The van der Waals surface area contributed by atoms with Crippen molar-refractivity contribution in [3.8, 4) is 11.8 Å². The number of sulfonamides is 1. The van der Waals surface area contributed by atoms with Crippen molar-refractivity contribution in [1.82, 2.24) is 15.2 Å². The van der Waals surface area contributed by atoms with E-state index in [0.29, 0.717) is 0 Å². The van der Waals surface area contributed by atoms with Crippen LogP contribution < -0.4 is 10.5 Å². The van der Waals surface area contributed by atoms with E-state index in [1.54, 1.807) is 13.0 Å². The third-order valence-corrected chi connectivity index (χ3v) is 3.87. The third kappa shape index (κ3) is 3.75. The van der Waals surface area contributed by atoms with Crippen LogP contribution in [-0.2, 0) is 10.0 Å². The fourth-order valence-corrected chi connectivity index (χ4v) is 2.59. The van der Waals surface area contributed by atoms with Crippen LogP contribution in [0.5, 0.6) is 0 Å². The van der Waals surface area contributed by atoms with Crippen LogP contribution in [0.15, 0.2) is 35.5 Å². The molecule has 21 heavy (non-hydrogen) atoms. The van der Waals surface area contributed by atoms with Crippen LogP contribution in [0.25, 0.3) is 0 Å². The number of aromatic nitrogens is 3. The summed E-state index contributed by atoms with van der Waals surface area (Å²) in [5, 5.41) is 7.14. The van der Waals surface area contributed by atoms with Gasteiger partial charge in [-0.2, -0.15) is 5.10 Å². The van der Waals surface area contributed by atoms with Gasteiger partial charge in [0.15, 0.2) is 0 Å². The molecule has 108 valence electrons. The summed E-state index contributed by atoms with van der Waals surface area (Å²) in [5.41, 5.74) is 6.79. The van der Waals surface area contributed by atoms with Crippen molar-refractivity contribution in [1.29, 1.82) is 0 Å². The van der Waals surface area contributed by atoms with Gasteiger partial charge >= 0.3 is 0 Å². The lowest BCUT2D eigenvalue weighted by Crippen LogP contribution is -2.15. The molecule has 0 amide bonds. The van der Waals surface area contributed by atoms with Crippen LogP contribution in [0, 0.1) is 18.8 Å². The number of hydrogen-bond donors (Lipinski definition) is 2. The molecule has 1 heterocycles. The van der Waals surface area contributed by atoms with Gasteiger partial charge < -0.3 is 5.73 Å². The van der Waals surface area contributed by atoms with E-state index in [-0.39, 0.29) is 17.4 Å². The first-order valence-corrected chi connectivity index (χ1v) is 7.47. The van der Waals surface area contributed by atoms with Gasteiger partial charge in [-0.05, 0) is 30.7 Å². The Labute approximate surface area is 122 Å². The number of anilines is 1. The molecule has 0 bridgehead atoms. The molecular weight excluding hydrogens is 290 g/mol. The lowest BCUT2D eigenvalue weighted by molar-refractivity contribution is 0.600. The summed E-state index contributed by atoms with van der Waals surface area (Å²) in [5.74, 6) is 5.52. The lowest BCUT2D eigenvalue weighted by atomic mass is 10.1. The lowest BCUT2D eigenvalue weighted by Gasteiger charge is -2.07. The van der Waals surface area contributed by atoms with Crippen LogP contribution in [0.3, 0.4) is 0 Å². The second-order valence-corrected chi connectivity index (χ2v) is 5.74. The van der Waals surface area contributed by atoms with Gasteiger partial charge in [0.05, 0.1) is 23.8 Å². The third-order valence-electron chi connectivity index (χ3n) is 2.54. The predicted molar refractivity (Wildman–Crippen MR) is 77.7 cm³/mol. The minimum atomic E-state index is -3.76. The van der Waals surface area contributed by atoms with Gasteiger partial charge in [-0.15, -0.1) is 5.10 Å². The Morgan fingerprint density at radius 1 is 1.33 bits per heavy atom. The minimum absolute atomic E-state index is 0.0813. The fraction of sp³-hybridized carbons (Fsp3) is 0.154. The molecule has 0 spiro atoms. The highest BCUT2D eigenvalue weighted by Gasteiger charge is 2.16. The SMILES string of the molecule is Cc1cc(S(=O)(=O)Nc2nccnn2)ccc1C#CCN. The molecule has 7 nitrogen and oxygen atoms in total. The topological polar surface area (TPSA) is 111 Å². The molecule has 0 aliphatic carbocycles. The molecule has 1 aromatic carbocycles. The first-order valence-electron chi connectivity index (χ1n) is 5.99. The van der Waals surface area contributed by atoms with Crippen LogP contribution in [0.2, 0.25) is 0 Å². The summed E-state index contributed by atoms with van der Waals surface area (Å²) in [6.07, 6.45) is 2.70. The number of nitrogens with zero attached hydrogens (tertiary/aromatic N) is 3. The molecule has 1 aromatic heterocycles. The Bertz CT molecular complexity index is 794. The Morgan fingerprint density at radius 3 is 2.76 bits per heavy atom. The fourth-order valence-electron chi connectivity index (χ4n) is 1.56. The van der Waals surface area contributed by atoms with Crippen molar-refractivity contribution in [2.75, 3.05) is 11.3 Å². The summed E-state index contributed by atoms with van der Waals surface area (Å²) in [6.45, 7) is 2.03. The summed E-state index contributed by atoms with van der Waals surface area (Å²) < 4.78 is 26.7. The quantitative estimate of drug-likeness (QED) is 0.788. The summed E-state index contributed by atoms with van der Waals surface area (Å²) in [4.78, 5) is 3.87. The van der Waals surface area contributed by atoms with Crippen LogP contribution in [0.4, 0.5) is 5.95 Å². The van der Waals surface area contributed by atoms with Crippen LogP contribution in [0.1, 0.15) is 11.1 Å². The molecule has 0 aliphatic rings. The molecule has 0 aliphatic heterocycles. The first kappa shape index (κ1) is 14.9. The minimum Gasteiger partial charge on any atom is -0.320 e. The zero-order valence-corrected chi connectivity index (χ0v) is 12.1. The molecular formula is C13H13N5O2S. The Hall–Kier alpha value is -2.50. The van der Waals surface area contributed by atoms with Gasteiger partial charge in [0, 0.05) is 5.56 Å². The molecule has 0 atom stereocenters. The number of rotatable bonds is 3. The number of nitrogens with two attached hydrogens (primary N) is 1. The zero-order valence-electron chi connectivity index (χ0n) is 11.2. The number of hydrogen-bond acceptors (Lipinski definition) is 6. The van der Waals surface area contributed by atoms with Crippen molar-refractivity contribution < 1.29 is 8.42 Å². The van der Waals surface area contributed by atoms with Gasteiger partial charge in [-0.1, -0.05) is 11.8 Å². The highest BCUT2D eigenvalue weighted by molar-refractivity contribution is 7.92. The second kappa shape index (κ2) is 6.30. The number of nitrogens with one attached hydrogen (secondary N) is 1. The molecule has 3 N–H and O–H groups in total. The highest BCUT2D eigenvalue weighted by Crippen LogP contribution is 2.16. The van der Waals surface area contributed by atoms with Crippen molar-refractivity contribution >= 4 is 16.0 Å². The maximum atomic E-state index is 12.2. The summed E-state index contributed by atoms with van der Waals surface area (Å²) in [6, 6.07) is 4.63. The summed E-state index contributed by atoms with van der Waals surface area (Å²) >= 11 is 0. The standard InChI is InChI=1S/C13H13N5O2S/c1-10-9-12(5-4-11(10)3-2-6-14)21(19,20)18-13-15-7-8-16-17-13/h4-5,7-9H,6,14H2,1H3,(H,15,17,18). The van der Waals surface area contributed by atoms with E-state index in [1.807, 2.05) is 0 Å². The van der Waals surface area contributed by atoms with Crippen LogP contribution >= 0.6 is 0 Å². The van der Waals surface area contributed by atoms with Gasteiger partial charge in [-0.3, -0.25) is 0 Å². The average Bonchev–Trinajstić information content (AvgIpc) is 2.46. The van der Waals surface area contributed by atoms with Crippen molar-refractivity contribution in [2.24, 2.45) is 5.73 Å². The monoisotopic (exact) mass is 303 g/mol. The van der Waals surface area contributed by atoms with Crippen molar-refractivity contribution in [3.05, 3.63) is 41.7 Å². The largest absolute Gasteiger partial charge is 0.320 e. The maximum absolute atomic E-state index is 12.2.